The van der Waals surface area contributed by atoms with E-state index in [0.717, 1.165) is 0 Å². The maximum atomic E-state index is 5.43. The molecule has 0 rings (SSSR count). The summed E-state index contributed by atoms with van der Waals surface area (Å²) in [7, 11) is 15.9. The molecule has 0 saturated heterocycles. The van der Waals surface area contributed by atoms with Crippen LogP contribution in [0.1, 0.15) is 13.8 Å². The third kappa shape index (κ3) is 2.84. The zero-order valence-electron chi connectivity index (χ0n) is 4.81. The molecule has 0 saturated carbocycles. The van der Waals surface area contributed by atoms with Crippen molar-refractivity contribution in [1.29, 1.82) is 0 Å². The van der Waals surface area contributed by atoms with Gasteiger partial charge in [-0.2, -0.15) is 0 Å². The van der Waals surface area contributed by atoms with E-state index in [2.05, 4.69) is 0 Å². The molecular formula is C4H7B3. The summed E-state index contributed by atoms with van der Waals surface area (Å²) in [4.78, 5) is 0. The van der Waals surface area contributed by atoms with Gasteiger partial charge in [0.2, 0.25) is 0 Å². The second kappa shape index (κ2) is 1.98. The first kappa shape index (κ1) is 7.19. The molecule has 0 heterocycles. The lowest BCUT2D eigenvalue weighted by Crippen LogP contribution is -2.11. The summed E-state index contributed by atoms with van der Waals surface area (Å²) in [6, 6.07) is 0. The average Bonchev–Trinajstić information content (AvgIpc) is 1.31. The lowest BCUT2D eigenvalue weighted by molar-refractivity contribution is 0.730. The quantitative estimate of drug-likeness (QED) is 0.407. The van der Waals surface area contributed by atoms with Crippen LogP contribution in [0.25, 0.3) is 0 Å². The van der Waals surface area contributed by atoms with Gasteiger partial charge in [0.1, 0.15) is 0 Å². The summed E-state index contributed by atoms with van der Waals surface area (Å²) in [5.41, 5.74) is -0.424. The summed E-state index contributed by atoms with van der Waals surface area (Å²) in [6.07, 6.45) is 0. The highest BCUT2D eigenvalue weighted by Crippen LogP contribution is 2.29. The standard InChI is InChI=1S/C4H7B3/c1-4(2,7)3(5)6/h3H,1-2H3. The van der Waals surface area contributed by atoms with Crippen LogP contribution in [0.3, 0.4) is 0 Å². The van der Waals surface area contributed by atoms with Crippen LogP contribution >= 0.6 is 0 Å². The predicted molar refractivity (Wildman–Crippen MR) is 35.1 cm³/mol. The molecule has 0 aliphatic carbocycles. The molecule has 0 nitrogen and oxygen atoms in total. The number of hydrogen-bond acceptors (Lipinski definition) is 0. The van der Waals surface area contributed by atoms with Crippen LogP contribution in [0, 0.1) is 0 Å². The van der Waals surface area contributed by atoms with Crippen LogP contribution in [0.2, 0.25) is 11.0 Å². The van der Waals surface area contributed by atoms with Crippen LogP contribution in [0.5, 0.6) is 0 Å². The van der Waals surface area contributed by atoms with E-state index in [9.17, 15) is 0 Å². The topological polar surface area (TPSA) is 0 Å². The van der Waals surface area contributed by atoms with Crippen molar-refractivity contribution in [3.05, 3.63) is 0 Å². The van der Waals surface area contributed by atoms with E-state index in [4.69, 9.17) is 23.5 Å². The first-order valence-corrected chi connectivity index (χ1v) is 2.24. The molecule has 7 heavy (non-hydrogen) atoms. The van der Waals surface area contributed by atoms with Crippen molar-refractivity contribution in [2.75, 3.05) is 0 Å². The molecule has 0 aliphatic rings. The summed E-state index contributed by atoms with van der Waals surface area (Å²) in [5.74, 6) is 0. The van der Waals surface area contributed by atoms with Crippen LogP contribution < -0.4 is 0 Å². The fourth-order valence-corrected chi connectivity index (χ4v) is 0. The Morgan fingerprint density at radius 3 is 1.43 bits per heavy atom. The molecule has 0 spiro atoms. The highest BCUT2D eigenvalue weighted by atomic mass is 14.0. The Bertz CT molecular complexity index is 52.4. The van der Waals surface area contributed by atoms with Gasteiger partial charge in [-0.1, -0.05) is 19.2 Å². The van der Waals surface area contributed by atoms with Gasteiger partial charge in [-0.25, -0.2) is 0 Å². The van der Waals surface area contributed by atoms with Gasteiger partial charge in [0.15, 0.2) is 0 Å². The minimum Gasteiger partial charge on any atom is -0.112 e. The number of hydrogen-bond donors (Lipinski definition) is 0. The second-order valence-electron chi connectivity index (χ2n) is 2.35. The van der Waals surface area contributed by atoms with Gasteiger partial charge in [-0.3, -0.25) is 0 Å². The SMILES string of the molecule is [B]C([B])C([B])(C)C. The van der Waals surface area contributed by atoms with E-state index in [0.29, 0.717) is 0 Å². The zero-order valence-corrected chi connectivity index (χ0v) is 4.81. The van der Waals surface area contributed by atoms with Crippen LogP contribution in [0.4, 0.5) is 0 Å². The Morgan fingerprint density at radius 1 is 1.29 bits per heavy atom. The Labute approximate surface area is 49.3 Å². The van der Waals surface area contributed by atoms with E-state index < -0.39 is 11.0 Å². The molecule has 0 aromatic rings. The number of rotatable bonds is 1. The highest BCUT2D eigenvalue weighted by Gasteiger charge is 2.12. The highest BCUT2D eigenvalue weighted by molar-refractivity contribution is 6.40. The van der Waals surface area contributed by atoms with E-state index in [1.807, 2.05) is 0 Å². The minimum absolute atomic E-state index is 0.424. The van der Waals surface area contributed by atoms with Crippen LogP contribution in [0.15, 0.2) is 0 Å². The van der Waals surface area contributed by atoms with Crippen molar-refractivity contribution < 1.29 is 0 Å². The van der Waals surface area contributed by atoms with Gasteiger partial charge in [-0.05, 0) is 0 Å². The van der Waals surface area contributed by atoms with Gasteiger partial charge < -0.3 is 0 Å². The zero-order chi connectivity index (χ0) is 6.08. The third-order valence-electron chi connectivity index (χ3n) is 0.859. The normalized spacial score (nSPS) is 12.4. The van der Waals surface area contributed by atoms with Crippen molar-refractivity contribution >= 4 is 23.5 Å². The fourth-order valence-electron chi connectivity index (χ4n) is 0. The molecule has 0 aromatic heterocycles. The largest absolute Gasteiger partial charge is 0.112 e. The molecule has 0 N–H and O–H groups in total. The van der Waals surface area contributed by atoms with Crippen molar-refractivity contribution in [2.24, 2.45) is 0 Å². The van der Waals surface area contributed by atoms with Gasteiger partial charge in [0.25, 0.3) is 0 Å². The Balaban J connectivity index is 3.54. The maximum Gasteiger partial charge on any atom is 0.0722 e. The monoisotopic (exact) mass is 88.1 g/mol. The lowest BCUT2D eigenvalue weighted by Gasteiger charge is -2.24. The molecule has 32 valence electrons. The second-order valence-corrected chi connectivity index (χ2v) is 2.35. The lowest BCUT2D eigenvalue weighted by atomic mass is 9.49. The van der Waals surface area contributed by atoms with Crippen molar-refractivity contribution in [3.63, 3.8) is 0 Å². The molecule has 3 heteroatoms. The molecule has 0 atom stereocenters. The third-order valence-corrected chi connectivity index (χ3v) is 0.859. The molecule has 6 radical (unpaired) electrons. The Kier molecular flexibility index (Phi) is 2.03. The molecule has 0 aliphatic heterocycles. The predicted octanol–water partition coefficient (Wildman–Crippen LogP) is 0.436. The Morgan fingerprint density at radius 2 is 1.43 bits per heavy atom. The van der Waals surface area contributed by atoms with Gasteiger partial charge in [-0.15, -0.1) is 5.72 Å². The van der Waals surface area contributed by atoms with Crippen molar-refractivity contribution in [1.82, 2.24) is 0 Å². The average molecular weight is 87.5 g/mol. The molecule has 0 amide bonds. The van der Waals surface area contributed by atoms with E-state index >= 15 is 0 Å². The molecule has 0 fully saturated rings. The smallest absolute Gasteiger partial charge is 0.0722 e. The van der Waals surface area contributed by atoms with Crippen molar-refractivity contribution in [3.8, 4) is 0 Å². The molecule has 0 bridgehead atoms. The van der Waals surface area contributed by atoms with E-state index in [-0.39, 0.29) is 0 Å². The molecular weight excluding hydrogens is 80.5 g/mol. The summed E-state index contributed by atoms with van der Waals surface area (Å²) in [6.45, 7) is 3.58. The first-order chi connectivity index (χ1) is 2.94. The molecule has 0 aromatic carbocycles. The minimum atomic E-state index is -0.444. The van der Waals surface area contributed by atoms with Crippen LogP contribution in [-0.4, -0.2) is 23.5 Å². The summed E-state index contributed by atoms with van der Waals surface area (Å²) >= 11 is 0. The molecule has 0 unspecified atom stereocenters. The van der Waals surface area contributed by atoms with E-state index in [1.54, 1.807) is 13.8 Å². The first-order valence-electron chi connectivity index (χ1n) is 2.24. The maximum absolute atomic E-state index is 5.43. The van der Waals surface area contributed by atoms with Gasteiger partial charge in [0.05, 0.1) is 23.5 Å². The van der Waals surface area contributed by atoms with E-state index in [1.165, 1.54) is 0 Å². The van der Waals surface area contributed by atoms with Crippen LogP contribution in [-0.2, 0) is 0 Å². The fraction of sp³-hybridized carbons (Fsp3) is 1.00. The summed E-state index contributed by atoms with van der Waals surface area (Å²) < 4.78 is 0. The van der Waals surface area contributed by atoms with Crippen molar-refractivity contribution in [2.45, 2.75) is 24.9 Å². The summed E-state index contributed by atoms with van der Waals surface area (Å²) in [5, 5.41) is -0.444. The van der Waals surface area contributed by atoms with Gasteiger partial charge >= 0.3 is 0 Å². The Hall–Kier alpha value is 0.195. The van der Waals surface area contributed by atoms with Gasteiger partial charge in [0, 0.05) is 0 Å².